The van der Waals surface area contributed by atoms with E-state index in [1.54, 1.807) is 0 Å². The Balaban J connectivity index is 0.000000222. The Morgan fingerprint density at radius 3 is 1.43 bits per heavy atom. The number of carbonyl (C=O) groups is 10. The molecule has 5 fully saturated rings. The van der Waals surface area contributed by atoms with Crippen LogP contribution in [0.2, 0.25) is 0 Å². The van der Waals surface area contributed by atoms with Crippen LogP contribution >= 0.6 is 0 Å². The summed E-state index contributed by atoms with van der Waals surface area (Å²) in [6.45, 7) is 1.63. The molecule has 2 N–H and O–H groups in total. The molecule has 0 unspecified atom stereocenters. The van der Waals surface area contributed by atoms with Crippen molar-refractivity contribution in [1.82, 2.24) is 30.0 Å². The van der Waals surface area contributed by atoms with Gasteiger partial charge in [-0.2, -0.15) is 0 Å². The molecule has 4 aliphatic carbocycles. The minimum absolute atomic E-state index is 0.00725. The maximum absolute atomic E-state index is 12.7. The van der Waals surface area contributed by atoms with Crippen molar-refractivity contribution < 1.29 is 57.9 Å². The summed E-state index contributed by atoms with van der Waals surface area (Å²) in [5, 5.41) is 11.9. The van der Waals surface area contributed by atoms with E-state index in [4.69, 9.17) is 22.8 Å². The van der Waals surface area contributed by atoms with Crippen molar-refractivity contribution in [3.63, 3.8) is 0 Å². The molecular weight excluding hydrogens is 865 g/mol. The zero-order valence-electron chi connectivity index (χ0n) is 38.0. The second kappa shape index (κ2) is 23.5. The monoisotopic (exact) mass is 926 g/mol. The van der Waals surface area contributed by atoms with E-state index in [2.05, 4.69) is 41.5 Å². The van der Waals surface area contributed by atoms with Gasteiger partial charge in [-0.05, 0) is 68.6 Å². The predicted octanol–water partition coefficient (Wildman–Crippen LogP) is 1.52. The molecule has 9 amide bonds. The number of fused-ring (bicyclic) bond motifs is 10. The molecule has 0 radical (unpaired) electrons. The quantitative estimate of drug-likeness (QED) is 0.0608. The first-order valence-corrected chi connectivity index (χ1v) is 23.7. The smallest absolute Gasteiger partial charge is 0.334 e. The SMILES string of the molecule is C#CCN(CCC(=O)NCCCO)C(=O)CCCCCN1C(=O)[C@@H]2[C@H](C1=O)[C@H]1C=C[C@@H]2C1.C#CCN(CCC(=O)ON1C(=O)CCC1=O)C(=O)CCCCCN1C(=O)[C@@H]2[C@H](C1=O)[C@H]1C=C[C@@H]2C1. The van der Waals surface area contributed by atoms with Gasteiger partial charge < -0.3 is 25.1 Å². The minimum atomic E-state index is -0.795. The maximum atomic E-state index is 12.7. The van der Waals surface area contributed by atoms with Gasteiger partial charge in [0.2, 0.25) is 41.4 Å². The molecule has 360 valence electrons. The van der Waals surface area contributed by atoms with Crippen molar-refractivity contribution in [2.75, 3.05) is 52.4 Å². The molecule has 7 rings (SSSR count). The highest BCUT2D eigenvalue weighted by molar-refractivity contribution is 6.07. The highest BCUT2D eigenvalue weighted by Gasteiger charge is 2.60. The van der Waals surface area contributed by atoms with Crippen LogP contribution in [-0.2, 0) is 52.8 Å². The summed E-state index contributed by atoms with van der Waals surface area (Å²) in [5.74, 6) is 2.40. The third-order valence-corrected chi connectivity index (χ3v) is 14.0. The van der Waals surface area contributed by atoms with E-state index in [1.165, 1.54) is 19.6 Å². The van der Waals surface area contributed by atoms with E-state index in [0.29, 0.717) is 69.6 Å². The fourth-order valence-electron chi connectivity index (χ4n) is 10.6. The van der Waals surface area contributed by atoms with Crippen molar-refractivity contribution in [2.45, 2.75) is 96.3 Å². The second-order valence-corrected chi connectivity index (χ2v) is 18.3. The molecular formula is C49H62N6O12. The Kier molecular flexibility index (Phi) is 17.7. The normalized spacial score (nSPS) is 25.9. The number of imide groups is 3. The van der Waals surface area contributed by atoms with Gasteiger partial charge in [0.1, 0.15) is 0 Å². The van der Waals surface area contributed by atoms with Gasteiger partial charge in [-0.25, -0.2) is 4.79 Å². The molecule has 2 saturated carbocycles. The molecule has 3 saturated heterocycles. The van der Waals surface area contributed by atoms with E-state index in [0.717, 1.165) is 19.3 Å². The lowest BCUT2D eigenvalue weighted by Gasteiger charge is -2.21. The second-order valence-electron chi connectivity index (χ2n) is 18.3. The predicted molar refractivity (Wildman–Crippen MR) is 238 cm³/mol. The first-order chi connectivity index (χ1) is 32.3. The highest BCUT2D eigenvalue weighted by atomic mass is 16.7. The molecule has 0 aromatic rings. The van der Waals surface area contributed by atoms with Crippen LogP contribution in [0.25, 0.3) is 0 Å². The van der Waals surface area contributed by atoms with Crippen LogP contribution in [0.3, 0.4) is 0 Å². The first-order valence-electron chi connectivity index (χ1n) is 23.7. The van der Waals surface area contributed by atoms with Gasteiger partial charge in [0.25, 0.3) is 11.8 Å². The summed E-state index contributed by atoms with van der Waals surface area (Å²) in [5.41, 5.74) is 0. The molecule has 7 aliphatic rings. The van der Waals surface area contributed by atoms with Gasteiger partial charge in [0.05, 0.1) is 43.2 Å². The number of allylic oxidation sites excluding steroid dienone is 4. The number of unbranched alkanes of at least 4 members (excludes halogenated alkanes) is 4. The van der Waals surface area contributed by atoms with Gasteiger partial charge in [-0.3, -0.25) is 53.0 Å². The summed E-state index contributed by atoms with van der Waals surface area (Å²) < 4.78 is 0. The lowest BCUT2D eigenvalue weighted by atomic mass is 9.85. The molecule has 3 heterocycles. The number of nitrogens with zero attached hydrogens (tertiary/aromatic N) is 5. The Hall–Kier alpha value is -6.14. The van der Waals surface area contributed by atoms with Crippen molar-refractivity contribution in [1.29, 1.82) is 0 Å². The van der Waals surface area contributed by atoms with Gasteiger partial charge in [-0.1, -0.05) is 49.0 Å². The number of hydroxylamine groups is 2. The molecule has 67 heavy (non-hydrogen) atoms. The molecule has 0 spiro atoms. The zero-order chi connectivity index (χ0) is 48.2. The Morgan fingerprint density at radius 1 is 0.612 bits per heavy atom. The fraction of sp³-hybridized carbons (Fsp3) is 0.633. The fourth-order valence-corrected chi connectivity index (χ4v) is 10.6. The number of aliphatic hydroxyl groups is 1. The highest BCUT2D eigenvalue weighted by Crippen LogP contribution is 2.53. The number of likely N-dealkylation sites (tertiary alicyclic amines) is 2. The number of carbonyl (C=O) groups excluding carboxylic acids is 10. The third kappa shape index (κ3) is 11.9. The molecule has 18 nitrogen and oxygen atoms in total. The van der Waals surface area contributed by atoms with Crippen molar-refractivity contribution in [3.8, 4) is 24.7 Å². The number of amides is 9. The molecule has 4 bridgehead atoms. The number of nitrogens with one attached hydrogen (secondary N) is 1. The number of hydrogen-bond donors (Lipinski definition) is 2. The average Bonchev–Trinajstić information content (AvgIpc) is 4.21. The van der Waals surface area contributed by atoms with E-state index < -0.39 is 17.8 Å². The van der Waals surface area contributed by atoms with Crippen LogP contribution in [0, 0.1) is 72.0 Å². The summed E-state index contributed by atoms with van der Waals surface area (Å²) in [7, 11) is 0. The summed E-state index contributed by atoms with van der Waals surface area (Å²) in [4.78, 5) is 133. The van der Waals surface area contributed by atoms with Crippen molar-refractivity contribution in [2.24, 2.45) is 47.3 Å². The minimum Gasteiger partial charge on any atom is -0.396 e. The Labute approximate surface area is 391 Å². The number of rotatable bonds is 24. The van der Waals surface area contributed by atoms with Gasteiger partial charge in [0, 0.05) is 71.4 Å². The van der Waals surface area contributed by atoms with Crippen LogP contribution in [0.5, 0.6) is 0 Å². The Bertz CT molecular complexity index is 2030. The molecule has 0 aromatic carbocycles. The topological polar surface area (TPSA) is 228 Å². The van der Waals surface area contributed by atoms with Crippen LogP contribution in [-0.4, -0.2) is 141 Å². The zero-order valence-corrected chi connectivity index (χ0v) is 38.0. The maximum Gasteiger partial charge on any atom is 0.334 e. The summed E-state index contributed by atoms with van der Waals surface area (Å²) in [6, 6.07) is 0. The number of terminal acetylenes is 2. The summed E-state index contributed by atoms with van der Waals surface area (Å²) in [6.07, 6.45) is 25.7. The van der Waals surface area contributed by atoms with Crippen molar-refractivity contribution in [3.05, 3.63) is 24.3 Å². The van der Waals surface area contributed by atoms with Gasteiger partial charge in [0.15, 0.2) is 0 Å². The van der Waals surface area contributed by atoms with Crippen LogP contribution < -0.4 is 5.32 Å². The van der Waals surface area contributed by atoms with E-state index in [-0.39, 0.29) is 154 Å². The van der Waals surface area contributed by atoms with Crippen LogP contribution in [0.15, 0.2) is 24.3 Å². The molecule has 0 aromatic heterocycles. The van der Waals surface area contributed by atoms with Crippen LogP contribution in [0.1, 0.15) is 96.3 Å². The number of aliphatic hydroxyl groups excluding tert-OH is 1. The van der Waals surface area contributed by atoms with Gasteiger partial charge >= 0.3 is 5.97 Å². The Morgan fingerprint density at radius 2 is 1.03 bits per heavy atom. The van der Waals surface area contributed by atoms with Crippen LogP contribution in [0.4, 0.5) is 0 Å². The average molecular weight is 927 g/mol. The lowest BCUT2D eigenvalue weighted by molar-refractivity contribution is -0.197. The summed E-state index contributed by atoms with van der Waals surface area (Å²) >= 11 is 0. The van der Waals surface area contributed by atoms with E-state index >= 15 is 0 Å². The molecule has 3 aliphatic heterocycles. The lowest BCUT2D eigenvalue weighted by Crippen LogP contribution is -2.36. The van der Waals surface area contributed by atoms with E-state index in [1.807, 2.05) is 0 Å². The van der Waals surface area contributed by atoms with E-state index in [9.17, 15) is 47.9 Å². The standard InChI is InChI=1S/C25H29N3O7.C24H33N3O5/c1-2-12-26(14-11-21(32)35-28-19(30)9-10-20(28)31)18(29)6-4-3-5-13-27-24(33)22-16-7-8-17(15-16)23(22)25(27)34;1-2-12-26(14-10-19(29)25-11-6-15-28)20(30)7-4-3-5-13-27-23(31)21-17-8-9-18(16-17)22(21)24(27)32/h1,7-8,16-17,22-23H,3-6,9-15H2;1,8-9,17-18,21-22,28H,3-7,10-16H2,(H,25,29)/t16-,17+,22+,23-;17-,18+,21+,22-. The number of hydrogen-bond acceptors (Lipinski definition) is 12. The van der Waals surface area contributed by atoms with Gasteiger partial charge in [-0.15, -0.1) is 17.9 Å². The first kappa shape index (κ1) is 50.3. The van der Waals surface area contributed by atoms with Crippen molar-refractivity contribution >= 4 is 59.1 Å². The molecule has 18 heteroatoms. The third-order valence-electron chi connectivity index (χ3n) is 14.0. The molecule has 8 atom stereocenters. The largest absolute Gasteiger partial charge is 0.396 e.